The van der Waals surface area contributed by atoms with Gasteiger partial charge in [-0.25, -0.2) is 0 Å². The van der Waals surface area contributed by atoms with Crippen molar-refractivity contribution in [1.29, 1.82) is 0 Å². The van der Waals surface area contributed by atoms with Gasteiger partial charge < -0.3 is 9.80 Å². The molecule has 4 aliphatic carbocycles. The quantitative estimate of drug-likeness (QED) is 0.147. The molecule has 16 aromatic carbocycles. The highest BCUT2D eigenvalue weighted by Crippen LogP contribution is 2.75. The molecular formula is C96H76N2. The number of hydrogen-bond donors (Lipinski definition) is 0. The zero-order valence-electron chi connectivity index (χ0n) is 57.5. The predicted molar refractivity (Wildman–Crippen MR) is 416 cm³/mol. The van der Waals surface area contributed by atoms with Crippen LogP contribution in [0.5, 0.6) is 0 Å². The first-order valence-corrected chi connectivity index (χ1v) is 35.3. The van der Waals surface area contributed by atoms with E-state index < -0.39 is 21.7 Å². The molecule has 98 heavy (non-hydrogen) atoms. The van der Waals surface area contributed by atoms with Gasteiger partial charge in [0.15, 0.2) is 0 Å². The zero-order chi connectivity index (χ0) is 66.3. The summed E-state index contributed by atoms with van der Waals surface area (Å²) in [6.07, 6.45) is 0. The predicted octanol–water partition coefficient (Wildman–Crippen LogP) is 26.4. The van der Waals surface area contributed by atoms with Crippen LogP contribution >= 0.6 is 0 Å². The zero-order valence-corrected chi connectivity index (χ0v) is 57.5. The SMILES string of the molecule is CC1(C)c2ccccc2-c2ccc(N(c3ccc4c(c3)C(C(C)(C)C)(C3(C(C)(C)C)c5ccccc5-c5ccc(N(c6ccc7c(c6)C(C)(C)c6ccccc6-7)c6ccc7ccc8cccc9ccc6c7c89)cc53)c3ccccc3-4)c3ccc4ccc5cccc6ccc3c4c56)cc21. The Hall–Kier alpha value is -10.8. The van der Waals surface area contributed by atoms with Gasteiger partial charge in [0, 0.05) is 55.2 Å². The summed E-state index contributed by atoms with van der Waals surface area (Å²) in [5.41, 5.74) is 25.6. The van der Waals surface area contributed by atoms with Gasteiger partial charge in [-0.2, -0.15) is 0 Å². The van der Waals surface area contributed by atoms with Gasteiger partial charge in [0.05, 0.1) is 11.4 Å². The Morgan fingerprint density at radius 2 is 0.490 bits per heavy atom. The Morgan fingerprint density at radius 3 is 0.837 bits per heavy atom. The third kappa shape index (κ3) is 7.17. The lowest BCUT2D eigenvalue weighted by Crippen LogP contribution is -2.62. The monoisotopic (exact) mass is 1260 g/mol. The lowest BCUT2D eigenvalue weighted by atomic mass is 9.39. The van der Waals surface area contributed by atoms with Gasteiger partial charge >= 0.3 is 0 Å². The van der Waals surface area contributed by atoms with Gasteiger partial charge in [-0.15, -0.1) is 0 Å². The molecule has 2 atom stereocenters. The molecule has 0 N–H and O–H groups in total. The first kappa shape index (κ1) is 57.4. The van der Waals surface area contributed by atoms with Crippen LogP contribution in [0.1, 0.15) is 114 Å². The molecule has 0 saturated carbocycles. The minimum absolute atomic E-state index is 0.211. The molecule has 0 radical (unpaired) electrons. The lowest BCUT2D eigenvalue weighted by molar-refractivity contribution is 0.0594. The van der Waals surface area contributed by atoms with Gasteiger partial charge in [0.25, 0.3) is 0 Å². The van der Waals surface area contributed by atoms with Crippen molar-refractivity contribution >= 4 is 98.8 Å². The number of benzene rings is 16. The standard InChI is InChI=1S/C96H76N2/c1-91(2,3)95(79-31-17-13-27-69(79)73-49-43-65(55-83(73)95)97(63-41-47-71-67-25-11-15-29-77(67)93(7,8)81(71)53-63)85-51-39-61-35-33-57-21-19-23-59-37-45-75(85)89(61)87(57)59)96(92(4,5)6)80-32-18-14-28-70(80)74-50-44-66(56-84(74)96)98(64-42-48-72-68-26-12-16-30-78(68)94(9,10)82(72)54-64)86-52-40-62-36-34-58-22-20-24-60-38-46-76(86)90(62)88(58)60/h11-56H,1-10H3. The summed E-state index contributed by atoms with van der Waals surface area (Å²) in [5, 5.41) is 15.3. The van der Waals surface area contributed by atoms with Crippen LogP contribution in [0, 0.1) is 10.8 Å². The summed E-state index contributed by atoms with van der Waals surface area (Å²) in [4.78, 5) is 5.26. The molecule has 0 aromatic heterocycles. The minimum atomic E-state index is -0.697. The highest BCUT2D eigenvalue weighted by molar-refractivity contribution is 6.27. The van der Waals surface area contributed by atoms with E-state index in [1.807, 2.05) is 0 Å². The van der Waals surface area contributed by atoms with Crippen molar-refractivity contribution < 1.29 is 0 Å². The van der Waals surface area contributed by atoms with E-state index in [0.717, 1.165) is 22.7 Å². The summed E-state index contributed by atoms with van der Waals surface area (Å²) >= 11 is 0. The summed E-state index contributed by atoms with van der Waals surface area (Å²) in [5.74, 6) is 0. The Bertz CT molecular complexity index is 5710. The van der Waals surface area contributed by atoms with E-state index in [0.29, 0.717) is 0 Å². The lowest BCUT2D eigenvalue weighted by Gasteiger charge is -2.62. The van der Waals surface area contributed by atoms with Gasteiger partial charge in [-0.3, -0.25) is 0 Å². The Morgan fingerprint density at radius 1 is 0.224 bits per heavy atom. The largest absolute Gasteiger partial charge is 0.310 e. The van der Waals surface area contributed by atoms with Gasteiger partial charge in [0.2, 0.25) is 0 Å². The van der Waals surface area contributed by atoms with Crippen molar-refractivity contribution in [1.82, 2.24) is 0 Å². The first-order chi connectivity index (χ1) is 47.4. The van der Waals surface area contributed by atoms with Crippen LogP contribution in [-0.4, -0.2) is 0 Å². The van der Waals surface area contributed by atoms with Gasteiger partial charge in [-0.05, 0) is 214 Å². The fraction of sp³-hybridized carbons (Fsp3) is 0.167. The summed E-state index contributed by atoms with van der Waals surface area (Å²) < 4.78 is 0. The van der Waals surface area contributed by atoms with E-state index in [1.54, 1.807) is 0 Å². The molecule has 0 saturated heterocycles. The number of fused-ring (bicyclic) bond motifs is 12. The van der Waals surface area contributed by atoms with Crippen LogP contribution in [0.25, 0.3) is 109 Å². The van der Waals surface area contributed by atoms with E-state index >= 15 is 0 Å². The maximum Gasteiger partial charge on any atom is 0.0540 e. The molecule has 0 amide bonds. The third-order valence-corrected chi connectivity index (χ3v) is 24.5. The average Bonchev–Trinajstić information content (AvgIpc) is 1.47. The fourth-order valence-electron chi connectivity index (χ4n) is 20.7. The first-order valence-electron chi connectivity index (χ1n) is 35.3. The Labute approximate surface area is 574 Å². The van der Waals surface area contributed by atoms with Crippen molar-refractivity contribution in [3.8, 4) is 44.5 Å². The molecule has 2 unspecified atom stereocenters. The molecule has 470 valence electrons. The van der Waals surface area contributed by atoms with Crippen LogP contribution in [0.4, 0.5) is 34.1 Å². The van der Waals surface area contributed by atoms with Crippen LogP contribution in [0.3, 0.4) is 0 Å². The second-order valence-electron chi connectivity index (χ2n) is 31.9. The molecule has 20 rings (SSSR count). The van der Waals surface area contributed by atoms with E-state index in [2.05, 4.69) is 358 Å². The summed E-state index contributed by atoms with van der Waals surface area (Å²) in [7, 11) is 0. The highest BCUT2D eigenvalue weighted by Gasteiger charge is 2.70. The molecule has 0 fully saturated rings. The molecule has 0 spiro atoms. The van der Waals surface area contributed by atoms with Crippen LogP contribution < -0.4 is 9.80 Å². The van der Waals surface area contributed by atoms with Crippen LogP contribution in [0.2, 0.25) is 0 Å². The van der Waals surface area contributed by atoms with Crippen molar-refractivity contribution in [2.45, 2.75) is 90.9 Å². The molecular weight excluding hydrogens is 1180 g/mol. The molecule has 4 aliphatic rings. The van der Waals surface area contributed by atoms with E-state index in [-0.39, 0.29) is 10.8 Å². The number of hydrogen-bond acceptors (Lipinski definition) is 2. The second kappa shape index (κ2) is 19.5. The van der Waals surface area contributed by atoms with Crippen molar-refractivity contribution in [2.24, 2.45) is 10.8 Å². The maximum atomic E-state index is 2.67. The van der Waals surface area contributed by atoms with Crippen molar-refractivity contribution in [3.05, 3.63) is 324 Å². The molecule has 2 nitrogen and oxygen atoms in total. The van der Waals surface area contributed by atoms with E-state index in [4.69, 9.17) is 0 Å². The Kier molecular flexibility index (Phi) is 11.4. The molecule has 0 heterocycles. The summed E-state index contributed by atoms with van der Waals surface area (Å²) in [6, 6.07) is 109. The minimum Gasteiger partial charge on any atom is -0.310 e. The highest BCUT2D eigenvalue weighted by atomic mass is 15.2. The van der Waals surface area contributed by atoms with Gasteiger partial charge in [0.1, 0.15) is 0 Å². The maximum absolute atomic E-state index is 2.67. The normalized spacial score (nSPS) is 17.5. The Balaban J connectivity index is 0.872. The number of nitrogens with zero attached hydrogens (tertiary/aromatic N) is 2. The van der Waals surface area contributed by atoms with Crippen LogP contribution in [-0.2, 0) is 21.7 Å². The van der Waals surface area contributed by atoms with Gasteiger partial charge in [-0.1, -0.05) is 288 Å². The second-order valence-corrected chi connectivity index (χ2v) is 31.9. The fourth-order valence-corrected chi connectivity index (χ4v) is 20.7. The smallest absolute Gasteiger partial charge is 0.0540 e. The topological polar surface area (TPSA) is 6.48 Å². The number of anilines is 6. The van der Waals surface area contributed by atoms with Crippen LogP contribution in [0.15, 0.2) is 279 Å². The third-order valence-electron chi connectivity index (χ3n) is 24.5. The molecule has 16 aromatic rings. The molecule has 0 aliphatic heterocycles. The number of rotatable bonds is 7. The molecule has 0 bridgehead atoms. The molecule has 2 heteroatoms. The van der Waals surface area contributed by atoms with Crippen molar-refractivity contribution in [3.63, 3.8) is 0 Å². The average molecular weight is 1260 g/mol. The van der Waals surface area contributed by atoms with Crippen molar-refractivity contribution in [2.75, 3.05) is 9.80 Å². The summed E-state index contributed by atoms with van der Waals surface area (Å²) in [6.45, 7) is 25.0. The van der Waals surface area contributed by atoms with E-state index in [1.165, 1.54) is 165 Å². The van der Waals surface area contributed by atoms with E-state index in [9.17, 15) is 0 Å².